The molecule has 2 aromatic rings. The fourth-order valence-electron chi connectivity index (χ4n) is 1.64. The van der Waals surface area contributed by atoms with Crippen LogP contribution in [0.4, 0.5) is 5.69 Å². The van der Waals surface area contributed by atoms with Crippen LogP contribution in [0.5, 0.6) is 5.88 Å². The Balaban J connectivity index is 1.87. The zero-order valence-corrected chi connectivity index (χ0v) is 10.8. The highest BCUT2D eigenvalue weighted by Crippen LogP contribution is 2.11. The third kappa shape index (κ3) is 4.10. The van der Waals surface area contributed by atoms with Gasteiger partial charge in [-0.25, -0.2) is 4.98 Å². The van der Waals surface area contributed by atoms with Gasteiger partial charge >= 0.3 is 0 Å². The van der Waals surface area contributed by atoms with Gasteiger partial charge in [0.05, 0.1) is 0 Å². The van der Waals surface area contributed by atoms with Crippen molar-refractivity contribution in [1.82, 2.24) is 4.98 Å². The van der Waals surface area contributed by atoms with Gasteiger partial charge in [0, 0.05) is 18.0 Å². The molecule has 0 aliphatic rings. The first kappa shape index (κ1) is 13.1. The fourth-order valence-corrected chi connectivity index (χ4v) is 1.64. The van der Waals surface area contributed by atoms with Crippen LogP contribution in [0, 0.1) is 0 Å². The van der Waals surface area contributed by atoms with E-state index in [2.05, 4.69) is 17.2 Å². The second kappa shape index (κ2) is 6.54. The number of carbonyl (C=O) groups excluding carboxylic acids is 1. The number of aromatic nitrogens is 1. The normalized spacial score (nSPS) is 9.95. The van der Waals surface area contributed by atoms with Gasteiger partial charge < -0.3 is 10.1 Å². The van der Waals surface area contributed by atoms with Gasteiger partial charge in [0.2, 0.25) is 5.88 Å². The first-order valence-electron chi connectivity index (χ1n) is 6.20. The maximum atomic E-state index is 11.7. The van der Waals surface area contributed by atoms with Crippen LogP contribution < -0.4 is 10.1 Å². The minimum absolute atomic E-state index is 0.0482. The summed E-state index contributed by atoms with van der Waals surface area (Å²) in [5.41, 5.74) is 1.97. The van der Waals surface area contributed by atoms with E-state index in [1.54, 1.807) is 18.3 Å². The lowest BCUT2D eigenvalue weighted by molar-refractivity contribution is -0.118. The molecule has 98 valence electrons. The average molecular weight is 256 g/mol. The minimum Gasteiger partial charge on any atom is -0.468 e. The van der Waals surface area contributed by atoms with Gasteiger partial charge in [-0.05, 0) is 30.2 Å². The average Bonchev–Trinajstić information content (AvgIpc) is 2.46. The number of nitrogens with one attached hydrogen (secondary N) is 1. The van der Waals surface area contributed by atoms with E-state index in [-0.39, 0.29) is 12.5 Å². The van der Waals surface area contributed by atoms with Crippen LogP contribution in [0.2, 0.25) is 0 Å². The molecule has 1 aromatic heterocycles. The minimum atomic E-state index is -0.195. The van der Waals surface area contributed by atoms with Crippen molar-refractivity contribution in [3.05, 3.63) is 54.2 Å². The van der Waals surface area contributed by atoms with Gasteiger partial charge in [-0.2, -0.15) is 0 Å². The summed E-state index contributed by atoms with van der Waals surface area (Å²) < 4.78 is 5.27. The van der Waals surface area contributed by atoms with Crippen LogP contribution >= 0.6 is 0 Å². The summed E-state index contributed by atoms with van der Waals surface area (Å²) in [5, 5.41) is 2.80. The van der Waals surface area contributed by atoms with Crippen LogP contribution in [0.15, 0.2) is 48.7 Å². The summed E-state index contributed by atoms with van der Waals surface area (Å²) in [4.78, 5) is 15.7. The molecule has 4 nitrogen and oxygen atoms in total. The quantitative estimate of drug-likeness (QED) is 0.894. The molecule has 0 spiro atoms. The number of amides is 1. The molecule has 1 heterocycles. The zero-order valence-electron chi connectivity index (χ0n) is 10.8. The van der Waals surface area contributed by atoms with Crippen molar-refractivity contribution in [3.8, 4) is 5.88 Å². The Hall–Kier alpha value is -2.36. The molecular weight excluding hydrogens is 240 g/mol. The molecular formula is C15H16N2O2. The Kier molecular flexibility index (Phi) is 4.50. The number of hydrogen-bond donors (Lipinski definition) is 1. The van der Waals surface area contributed by atoms with Gasteiger partial charge in [-0.1, -0.05) is 25.1 Å². The second-order valence-electron chi connectivity index (χ2n) is 4.06. The molecule has 0 aliphatic carbocycles. The molecule has 0 radical (unpaired) electrons. The van der Waals surface area contributed by atoms with Crippen molar-refractivity contribution in [2.75, 3.05) is 11.9 Å². The van der Waals surface area contributed by atoms with Crippen LogP contribution in [-0.4, -0.2) is 17.5 Å². The summed E-state index contributed by atoms with van der Waals surface area (Å²) in [7, 11) is 0. The number of nitrogens with zero attached hydrogens (tertiary/aromatic N) is 1. The molecule has 1 aromatic carbocycles. The third-order valence-corrected chi connectivity index (χ3v) is 2.61. The maximum absolute atomic E-state index is 11.7. The Bertz CT molecular complexity index is 541. The molecule has 0 unspecified atom stereocenters. The topological polar surface area (TPSA) is 51.2 Å². The van der Waals surface area contributed by atoms with Crippen molar-refractivity contribution in [1.29, 1.82) is 0 Å². The van der Waals surface area contributed by atoms with Crippen LogP contribution in [-0.2, 0) is 11.2 Å². The lowest BCUT2D eigenvalue weighted by atomic mass is 10.1. The smallest absolute Gasteiger partial charge is 0.262 e. The lowest BCUT2D eigenvalue weighted by Gasteiger charge is -2.07. The largest absolute Gasteiger partial charge is 0.468 e. The number of aryl methyl sites for hydroxylation is 1. The van der Waals surface area contributed by atoms with E-state index < -0.39 is 0 Å². The molecule has 0 saturated heterocycles. The van der Waals surface area contributed by atoms with Gasteiger partial charge in [0.1, 0.15) is 0 Å². The molecule has 4 heteroatoms. The van der Waals surface area contributed by atoms with Gasteiger partial charge in [0.25, 0.3) is 5.91 Å². The van der Waals surface area contributed by atoms with Crippen molar-refractivity contribution in [2.45, 2.75) is 13.3 Å². The van der Waals surface area contributed by atoms with E-state index in [9.17, 15) is 4.79 Å². The van der Waals surface area contributed by atoms with Gasteiger partial charge in [0.15, 0.2) is 6.61 Å². The molecule has 19 heavy (non-hydrogen) atoms. The molecule has 1 N–H and O–H groups in total. The number of hydrogen-bond acceptors (Lipinski definition) is 3. The monoisotopic (exact) mass is 256 g/mol. The SMILES string of the molecule is CCc1cccc(NC(=O)COc2ccccn2)c1. The predicted molar refractivity (Wildman–Crippen MR) is 74.2 cm³/mol. The van der Waals surface area contributed by atoms with Crippen molar-refractivity contribution >= 4 is 11.6 Å². The number of rotatable bonds is 5. The Morgan fingerprint density at radius 1 is 1.26 bits per heavy atom. The van der Waals surface area contributed by atoms with Crippen LogP contribution in [0.1, 0.15) is 12.5 Å². The van der Waals surface area contributed by atoms with Gasteiger partial charge in [-0.3, -0.25) is 4.79 Å². The lowest BCUT2D eigenvalue weighted by Crippen LogP contribution is -2.20. The first-order valence-corrected chi connectivity index (χ1v) is 6.20. The highest BCUT2D eigenvalue weighted by molar-refractivity contribution is 5.91. The highest BCUT2D eigenvalue weighted by atomic mass is 16.5. The fraction of sp³-hybridized carbons (Fsp3) is 0.200. The Labute approximate surface area is 112 Å². The summed E-state index contributed by atoms with van der Waals surface area (Å²) in [6.45, 7) is 2.03. The van der Waals surface area contributed by atoms with Gasteiger partial charge in [-0.15, -0.1) is 0 Å². The first-order chi connectivity index (χ1) is 9.28. The molecule has 0 fully saturated rings. The standard InChI is InChI=1S/C15H16N2O2/c1-2-12-6-5-7-13(10-12)17-14(18)11-19-15-8-3-4-9-16-15/h3-10H,2,11H2,1H3,(H,17,18). The van der Waals surface area contributed by atoms with Crippen molar-refractivity contribution < 1.29 is 9.53 Å². The molecule has 0 aliphatic heterocycles. The summed E-state index contributed by atoms with van der Waals surface area (Å²) >= 11 is 0. The maximum Gasteiger partial charge on any atom is 0.262 e. The summed E-state index contributed by atoms with van der Waals surface area (Å²) in [5.74, 6) is 0.249. The van der Waals surface area contributed by atoms with E-state index in [0.29, 0.717) is 5.88 Å². The number of anilines is 1. The van der Waals surface area contributed by atoms with E-state index in [4.69, 9.17) is 4.74 Å². The summed E-state index contributed by atoms with van der Waals surface area (Å²) in [6, 6.07) is 13.1. The van der Waals surface area contributed by atoms with Crippen molar-refractivity contribution in [2.24, 2.45) is 0 Å². The van der Waals surface area contributed by atoms with E-state index >= 15 is 0 Å². The van der Waals surface area contributed by atoms with Crippen LogP contribution in [0.25, 0.3) is 0 Å². The van der Waals surface area contributed by atoms with E-state index in [0.717, 1.165) is 12.1 Å². The molecule has 0 saturated carbocycles. The van der Waals surface area contributed by atoms with Crippen molar-refractivity contribution in [3.63, 3.8) is 0 Å². The third-order valence-electron chi connectivity index (χ3n) is 2.61. The Morgan fingerprint density at radius 2 is 2.16 bits per heavy atom. The van der Waals surface area contributed by atoms with E-state index in [1.807, 2.05) is 30.3 Å². The Morgan fingerprint density at radius 3 is 2.89 bits per heavy atom. The molecule has 0 atom stereocenters. The second-order valence-corrected chi connectivity index (χ2v) is 4.06. The highest BCUT2D eigenvalue weighted by Gasteiger charge is 2.04. The van der Waals surface area contributed by atoms with E-state index in [1.165, 1.54) is 5.56 Å². The predicted octanol–water partition coefficient (Wildman–Crippen LogP) is 2.66. The zero-order chi connectivity index (χ0) is 13.5. The molecule has 2 rings (SSSR count). The number of benzene rings is 1. The number of carbonyl (C=O) groups is 1. The number of pyridine rings is 1. The number of ether oxygens (including phenoxy) is 1. The molecule has 1 amide bonds. The summed E-state index contributed by atoms with van der Waals surface area (Å²) in [6.07, 6.45) is 2.56. The molecule has 0 bridgehead atoms. The van der Waals surface area contributed by atoms with Crippen LogP contribution in [0.3, 0.4) is 0 Å².